The Balaban J connectivity index is 2.08. The molecule has 1 aliphatic heterocycles. The molecule has 4 heteroatoms. The van der Waals surface area contributed by atoms with Crippen molar-refractivity contribution in [2.75, 3.05) is 46.3 Å². The van der Waals surface area contributed by atoms with Gasteiger partial charge in [0.2, 0.25) is 0 Å². The molecule has 4 nitrogen and oxygen atoms in total. The lowest BCUT2D eigenvalue weighted by Gasteiger charge is -2.26. The van der Waals surface area contributed by atoms with Crippen LogP contribution in [0.2, 0.25) is 0 Å². The number of rotatable bonds is 7. The van der Waals surface area contributed by atoms with E-state index in [0.717, 1.165) is 26.1 Å². The van der Waals surface area contributed by atoms with Gasteiger partial charge >= 0.3 is 0 Å². The van der Waals surface area contributed by atoms with E-state index in [1.165, 1.54) is 25.9 Å². The van der Waals surface area contributed by atoms with E-state index in [-0.39, 0.29) is 0 Å². The molecule has 1 rings (SSSR count). The molecule has 0 aromatic rings. The Morgan fingerprint density at radius 2 is 1.94 bits per heavy atom. The summed E-state index contributed by atoms with van der Waals surface area (Å²) >= 11 is 0. The number of hydrogen-bond acceptors (Lipinski definition) is 4. The number of nitrogens with zero attached hydrogens (tertiary/aromatic N) is 2. The van der Waals surface area contributed by atoms with Crippen molar-refractivity contribution >= 4 is 0 Å². The highest BCUT2D eigenvalue weighted by Gasteiger charge is 2.18. The molecule has 1 fully saturated rings. The molecule has 16 heavy (non-hydrogen) atoms. The fourth-order valence-electron chi connectivity index (χ4n) is 1.96. The highest BCUT2D eigenvalue weighted by atomic mass is 16.3. The first-order valence-electron chi connectivity index (χ1n) is 6.37. The lowest BCUT2D eigenvalue weighted by molar-refractivity contribution is 0.0497. The Kier molecular flexibility index (Phi) is 5.69. The monoisotopic (exact) mass is 229 g/mol. The average Bonchev–Trinajstić information content (AvgIpc) is 2.76. The van der Waals surface area contributed by atoms with Crippen LogP contribution in [0.4, 0.5) is 0 Å². The molecule has 0 radical (unpaired) electrons. The molecule has 96 valence electrons. The van der Waals surface area contributed by atoms with E-state index in [4.69, 9.17) is 5.73 Å². The van der Waals surface area contributed by atoms with Crippen molar-refractivity contribution in [3.05, 3.63) is 0 Å². The molecule has 1 heterocycles. The lowest BCUT2D eigenvalue weighted by Crippen LogP contribution is -2.39. The Bertz CT molecular complexity index is 191. The van der Waals surface area contributed by atoms with Gasteiger partial charge in [-0.1, -0.05) is 0 Å². The Morgan fingerprint density at radius 1 is 1.31 bits per heavy atom. The molecule has 1 aliphatic rings. The molecule has 0 aliphatic carbocycles. The van der Waals surface area contributed by atoms with Crippen LogP contribution in [-0.2, 0) is 0 Å². The summed E-state index contributed by atoms with van der Waals surface area (Å²) in [6.07, 6.45) is 3.46. The maximum atomic E-state index is 9.79. The molecular weight excluding hydrogens is 202 g/mol. The number of likely N-dealkylation sites (tertiary alicyclic amines) is 1. The standard InChI is InChI=1S/C12H27N3O/c1-12(16,11-13)5-8-14(2)9-10-15-6-3-4-7-15/h16H,3-11,13H2,1-2H3. The number of likely N-dealkylation sites (N-methyl/N-ethyl adjacent to an activating group) is 1. The van der Waals surface area contributed by atoms with Crippen LogP contribution < -0.4 is 5.73 Å². The largest absolute Gasteiger partial charge is 0.389 e. The second-order valence-electron chi connectivity index (χ2n) is 5.30. The zero-order valence-corrected chi connectivity index (χ0v) is 10.8. The van der Waals surface area contributed by atoms with Gasteiger partial charge in [-0.05, 0) is 46.3 Å². The Hall–Kier alpha value is -0.160. The smallest absolute Gasteiger partial charge is 0.0753 e. The molecule has 0 aromatic carbocycles. The second kappa shape index (κ2) is 6.55. The van der Waals surface area contributed by atoms with Crippen molar-refractivity contribution in [2.24, 2.45) is 5.73 Å². The first kappa shape index (κ1) is 13.9. The second-order valence-corrected chi connectivity index (χ2v) is 5.30. The summed E-state index contributed by atoms with van der Waals surface area (Å²) in [6, 6.07) is 0. The van der Waals surface area contributed by atoms with Crippen LogP contribution in [0.25, 0.3) is 0 Å². The normalized spacial score (nSPS) is 21.6. The fraction of sp³-hybridized carbons (Fsp3) is 1.00. The van der Waals surface area contributed by atoms with Crippen LogP contribution in [0.15, 0.2) is 0 Å². The van der Waals surface area contributed by atoms with Crippen LogP contribution in [-0.4, -0.2) is 66.8 Å². The van der Waals surface area contributed by atoms with Crippen molar-refractivity contribution < 1.29 is 5.11 Å². The molecule has 1 saturated heterocycles. The van der Waals surface area contributed by atoms with Crippen molar-refractivity contribution in [1.29, 1.82) is 0 Å². The van der Waals surface area contributed by atoms with Gasteiger partial charge in [0.05, 0.1) is 5.60 Å². The number of nitrogens with two attached hydrogens (primary N) is 1. The third kappa shape index (κ3) is 5.25. The summed E-state index contributed by atoms with van der Waals surface area (Å²) in [5, 5.41) is 9.79. The molecule has 0 bridgehead atoms. The zero-order valence-electron chi connectivity index (χ0n) is 10.8. The minimum Gasteiger partial charge on any atom is -0.389 e. The number of hydrogen-bond donors (Lipinski definition) is 2. The van der Waals surface area contributed by atoms with Crippen LogP contribution in [0, 0.1) is 0 Å². The van der Waals surface area contributed by atoms with Crippen LogP contribution >= 0.6 is 0 Å². The van der Waals surface area contributed by atoms with E-state index < -0.39 is 5.60 Å². The summed E-state index contributed by atoms with van der Waals surface area (Å²) in [7, 11) is 2.11. The SMILES string of the molecule is CN(CCN1CCCC1)CCC(C)(O)CN. The van der Waals surface area contributed by atoms with E-state index in [9.17, 15) is 5.11 Å². The van der Waals surface area contributed by atoms with Crippen molar-refractivity contribution in [1.82, 2.24) is 9.80 Å². The van der Waals surface area contributed by atoms with Gasteiger partial charge in [0.1, 0.15) is 0 Å². The molecular formula is C12H27N3O. The van der Waals surface area contributed by atoms with E-state index in [1.54, 1.807) is 6.92 Å². The summed E-state index contributed by atoms with van der Waals surface area (Å²) in [6.45, 7) is 7.82. The molecule has 1 atom stereocenters. The first-order chi connectivity index (χ1) is 7.53. The Morgan fingerprint density at radius 3 is 2.50 bits per heavy atom. The lowest BCUT2D eigenvalue weighted by atomic mass is 10.0. The average molecular weight is 229 g/mol. The quantitative estimate of drug-likeness (QED) is 0.651. The van der Waals surface area contributed by atoms with Crippen LogP contribution in [0.3, 0.4) is 0 Å². The van der Waals surface area contributed by atoms with Gasteiger partial charge in [-0.25, -0.2) is 0 Å². The zero-order chi connectivity index (χ0) is 12.0. The Labute approximate surface area is 99.4 Å². The van der Waals surface area contributed by atoms with Crippen molar-refractivity contribution in [2.45, 2.75) is 31.8 Å². The predicted octanol–water partition coefficient (Wildman–Crippen LogP) is 0.114. The molecule has 0 saturated carbocycles. The van der Waals surface area contributed by atoms with Crippen LogP contribution in [0.5, 0.6) is 0 Å². The minimum absolute atomic E-state index is 0.340. The summed E-state index contributed by atoms with van der Waals surface area (Å²) in [4.78, 5) is 4.79. The molecule has 0 aromatic heterocycles. The molecule has 0 spiro atoms. The highest BCUT2D eigenvalue weighted by molar-refractivity contribution is 4.75. The third-order valence-electron chi connectivity index (χ3n) is 3.47. The maximum Gasteiger partial charge on any atom is 0.0753 e. The molecule has 0 amide bonds. The maximum absolute atomic E-state index is 9.79. The fourth-order valence-corrected chi connectivity index (χ4v) is 1.96. The topological polar surface area (TPSA) is 52.7 Å². The third-order valence-corrected chi connectivity index (χ3v) is 3.47. The van der Waals surface area contributed by atoms with Gasteiger partial charge in [-0.3, -0.25) is 0 Å². The van der Waals surface area contributed by atoms with Gasteiger partial charge < -0.3 is 20.6 Å². The molecule has 3 N–H and O–H groups in total. The van der Waals surface area contributed by atoms with Crippen molar-refractivity contribution in [3.63, 3.8) is 0 Å². The summed E-state index contributed by atoms with van der Waals surface area (Å²) < 4.78 is 0. The highest BCUT2D eigenvalue weighted by Crippen LogP contribution is 2.09. The summed E-state index contributed by atoms with van der Waals surface area (Å²) in [5.41, 5.74) is 4.78. The van der Waals surface area contributed by atoms with Crippen LogP contribution in [0.1, 0.15) is 26.2 Å². The molecule has 1 unspecified atom stereocenters. The number of aliphatic hydroxyl groups is 1. The van der Waals surface area contributed by atoms with E-state index in [1.807, 2.05) is 0 Å². The van der Waals surface area contributed by atoms with Gasteiger partial charge in [0.15, 0.2) is 0 Å². The summed E-state index contributed by atoms with van der Waals surface area (Å²) in [5.74, 6) is 0. The van der Waals surface area contributed by atoms with E-state index in [0.29, 0.717) is 6.54 Å². The van der Waals surface area contributed by atoms with Gasteiger partial charge in [0, 0.05) is 26.2 Å². The minimum atomic E-state index is -0.706. The van der Waals surface area contributed by atoms with Crippen molar-refractivity contribution in [3.8, 4) is 0 Å². The first-order valence-corrected chi connectivity index (χ1v) is 6.37. The van der Waals surface area contributed by atoms with Gasteiger partial charge in [0.25, 0.3) is 0 Å². The van der Waals surface area contributed by atoms with Gasteiger partial charge in [-0.15, -0.1) is 0 Å². The van der Waals surface area contributed by atoms with E-state index >= 15 is 0 Å². The predicted molar refractivity (Wildman–Crippen MR) is 67.5 cm³/mol. The van der Waals surface area contributed by atoms with E-state index in [2.05, 4.69) is 16.8 Å². The van der Waals surface area contributed by atoms with Gasteiger partial charge in [-0.2, -0.15) is 0 Å².